The van der Waals surface area contributed by atoms with Crippen molar-refractivity contribution in [3.8, 4) is 0 Å². The molecule has 0 aliphatic carbocycles. The van der Waals surface area contributed by atoms with Crippen LogP contribution < -0.4 is 0 Å². The topological polar surface area (TPSA) is 224 Å². The Labute approximate surface area is 217 Å². The molecular weight excluding hydrogens is 504 g/mol. The maximum Gasteiger partial charge on any atom is 0.335 e. The molecule has 12 heteroatoms. The van der Waals surface area contributed by atoms with Crippen molar-refractivity contribution in [3.63, 3.8) is 0 Å². The molecule has 0 radical (unpaired) electrons. The van der Waals surface area contributed by atoms with Crippen molar-refractivity contribution >= 4 is 35.8 Å². The molecule has 2 aromatic rings. The quantitative estimate of drug-likeness (QED) is 0.196. The average Bonchev–Trinajstić information content (AvgIpc) is 2.86. The van der Waals surface area contributed by atoms with Gasteiger partial charge in [-0.15, -0.1) is 0 Å². The van der Waals surface area contributed by atoms with E-state index in [9.17, 15) is 28.8 Å². The zero-order valence-electron chi connectivity index (χ0n) is 20.4. The molecule has 0 heterocycles. The van der Waals surface area contributed by atoms with Crippen LogP contribution in [0.15, 0.2) is 48.5 Å². The van der Waals surface area contributed by atoms with Gasteiger partial charge in [0, 0.05) is 12.8 Å². The molecule has 38 heavy (non-hydrogen) atoms. The smallest absolute Gasteiger partial charge is 0.335 e. The molecule has 0 fully saturated rings. The fourth-order valence-electron chi connectivity index (χ4n) is 2.80. The first-order chi connectivity index (χ1) is 17.8. The molecule has 0 aliphatic rings. The number of carbonyl (C=O) groups is 6. The van der Waals surface area contributed by atoms with Crippen LogP contribution in [0.3, 0.4) is 0 Å². The van der Waals surface area contributed by atoms with Crippen LogP contribution in [0.1, 0.15) is 92.8 Å². The molecule has 0 spiro atoms. The Balaban J connectivity index is 0.000000542. The van der Waals surface area contributed by atoms with Crippen LogP contribution in [0.4, 0.5) is 0 Å². The minimum atomic E-state index is -1.13. The fourth-order valence-corrected chi connectivity index (χ4v) is 2.80. The highest BCUT2D eigenvalue weighted by atomic mass is 16.4. The number of hydrogen-bond donors (Lipinski definition) is 6. The van der Waals surface area contributed by atoms with Gasteiger partial charge < -0.3 is 30.6 Å². The second-order valence-electron chi connectivity index (χ2n) is 7.79. The third-order valence-corrected chi connectivity index (χ3v) is 4.77. The van der Waals surface area contributed by atoms with Crippen molar-refractivity contribution in [1.29, 1.82) is 0 Å². The van der Waals surface area contributed by atoms with Gasteiger partial charge in [-0.3, -0.25) is 9.59 Å². The van der Waals surface area contributed by atoms with Crippen molar-refractivity contribution in [3.05, 3.63) is 70.8 Å². The normalized spacial score (nSPS) is 9.58. The minimum Gasteiger partial charge on any atom is -0.481 e. The van der Waals surface area contributed by atoms with Gasteiger partial charge in [-0.25, -0.2) is 19.2 Å². The molecule has 6 N–H and O–H groups in total. The first-order valence-electron chi connectivity index (χ1n) is 11.4. The lowest BCUT2D eigenvalue weighted by Crippen LogP contribution is -2.01. The van der Waals surface area contributed by atoms with Gasteiger partial charge >= 0.3 is 35.8 Å². The van der Waals surface area contributed by atoms with Gasteiger partial charge in [-0.1, -0.05) is 31.7 Å². The van der Waals surface area contributed by atoms with Gasteiger partial charge in [0.25, 0.3) is 0 Å². The van der Waals surface area contributed by atoms with Gasteiger partial charge in [-0.05, 0) is 55.3 Å². The standard InChI is InChI=1S/C10H18O4.2C8H6O4/c11-9(12)7-5-3-1-2-4-6-8-10(13)14;9-7(10)5-1-2-6(4-3-5)8(11)12;9-7(10)5-2-1-3-6(4-5)8(11)12/h1-8H2,(H,11,12)(H,13,14);2*1-4H,(H,9,10)(H,11,12). The van der Waals surface area contributed by atoms with E-state index < -0.39 is 35.8 Å². The van der Waals surface area contributed by atoms with Crippen molar-refractivity contribution < 1.29 is 59.4 Å². The monoisotopic (exact) mass is 534 g/mol. The van der Waals surface area contributed by atoms with E-state index in [1.54, 1.807) is 0 Å². The van der Waals surface area contributed by atoms with Crippen molar-refractivity contribution in [2.45, 2.75) is 51.4 Å². The molecule has 0 saturated heterocycles. The maximum atomic E-state index is 10.4. The zero-order chi connectivity index (χ0) is 29.1. The lowest BCUT2D eigenvalue weighted by Gasteiger charge is -1.98. The highest BCUT2D eigenvalue weighted by Crippen LogP contribution is 2.08. The summed E-state index contributed by atoms with van der Waals surface area (Å²) in [6, 6.07) is 10.2. The molecular formula is C26H30O12. The molecule has 0 amide bonds. The fraction of sp³-hybridized carbons (Fsp3) is 0.308. The van der Waals surface area contributed by atoms with Gasteiger partial charge in [0.05, 0.1) is 22.3 Å². The Hall–Kier alpha value is -4.74. The first-order valence-corrected chi connectivity index (χ1v) is 11.4. The van der Waals surface area contributed by atoms with Crippen LogP contribution >= 0.6 is 0 Å². The lowest BCUT2D eigenvalue weighted by molar-refractivity contribution is -0.138. The Bertz CT molecular complexity index is 1010. The Morgan fingerprint density at radius 3 is 0.974 bits per heavy atom. The molecule has 0 saturated carbocycles. The highest BCUT2D eigenvalue weighted by molar-refractivity contribution is 5.93. The third-order valence-electron chi connectivity index (χ3n) is 4.77. The van der Waals surface area contributed by atoms with E-state index in [4.69, 9.17) is 30.6 Å². The second kappa shape index (κ2) is 18.5. The maximum absolute atomic E-state index is 10.4. The molecule has 0 aliphatic heterocycles. The van der Waals surface area contributed by atoms with Crippen LogP contribution in [0, 0.1) is 0 Å². The summed E-state index contributed by atoms with van der Waals surface area (Å²) in [4.78, 5) is 61.7. The molecule has 2 rings (SSSR count). The van der Waals surface area contributed by atoms with E-state index in [2.05, 4.69) is 0 Å². The number of unbranched alkanes of at least 4 members (excludes halogenated alkanes) is 5. The second-order valence-corrected chi connectivity index (χ2v) is 7.79. The van der Waals surface area contributed by atoms with Crippen molar-refractivity contribution in [2.75, 3.05) is 0 Å². The van der Waals surface area contributed by atoms with Gasteiger partial charge in [0.2, 0.25) is 0 Å². The van der Waals surface area contributed by atoms with E-state index in [1.165, 1.54) is 42.5 Å². The molecule has 0 aromatic heterocycles. The summed E-state index contributed by atoms with van der Waals surface area (Å²) < 4.78 is 0. The molecule has 12 nitrogen and oxygen atoms in total. The van der Waals surface area contributed by atoms with Gasteiger partial charge in [0.1, 0.15) is 0 Å². The minimum absolute atomic E-state index is 0.0186. The summed E-state index contributed by atoms with van der Waals surface area (Å²) >= 11 is 0. The highest BCUT2D eigenvalue weighted by Gasteiger charge is 2.07. The number of aromatic carboxylic acids is 4. The summed E-state index contributed by atoms with van der Waals surface area (Å²) in [5.74, 6) is -5.86. The van der Waals surface area contributed by atoms with E-state index >= 15 is 0 Å². The van der Waals surface area contributed by atoms with Crippen molar-refractivity contribution in [1.82, 2.24) is 0 Å². The zero-order valence-corrected chi connectivity index (χ0v) is 20.4. The molecule has 2 aromatic carbocycles. The van der Waals surface area contributed by atoms with E-state index in [1.807, 2.05) is 0 Å². The predicted octanol–water partition coefficient (Wildman–Crippen LogP) is 4.44. The molecule has 0 bridgehead atoms. The van der Waals surface area contributed by atoms with Crippen molar-refractivity contribution in [2.24, 2.45) is 0 Å². The largest absolute Gasteiger partial charge is 0.481 e. The summed E-state index contributed by atoms with van der Waals surface area (Å²) in [7, 11) is 0. The van der Waals surface area contributed by atoms with E-state index in [0.29, 0.717) is 0 Å². The predicted molar refractivity (Wildman–Crippen MR) is 133 cm³/mol. The van der Waals surface area contributed by atoms with E-state index in [-0.39, 0.29) is 35.1 Å². The van der Waals surface area contributed by atoms with Gasteiger partial charge in [-0.2, -0.15) is 0 Å². The Morgan fingerprint density at radius 2 is 0.711 bits per heavy atom. The van der Waals surface area contributed by atoms with E-state index in [0.717, 1.165) is 44.6 Å². The number of aliphatic carboxylic acids is 2. The molecule has 0 atom stereocenters. The third kappa shape index (κ3) is 16.0. The lowest BCUT2D eigenvalue weighted by atomic mass is 10.1. The number of carboxylic acids is 6. The summed E-state index contributed by atoms with van der Waals surface area (Å²) in [6.45, 7) is 0. The number of benzene rings is 2. The van der Waals surface area contributed by atoms with Crippen LogP contribution in [-0.4, -0.2) is 66.5 Å². The molecule has 0 unspecified atom stereocenters. The van der Waals surface area contributed by atoms with Crippen LogP contribution in [0.25, 0.3) is 0 Å². The summed E-state index contributed by atoms with van der Waals surface area (Å²) in [6.07, 6.45) is 5.82. The number of rotatable bonds is 13. The van der Waals surface area contributed by atoms with Crippen LogP contribution in [-0.2, 0) is 9.59 Å². The van der Waals surface area contributed by atoms with Crippen LogP contribution in [0.5, 0.6) is 0 Å². The first kappa shape index (κ1) is 33.3. The van der Waals surface area contributed by atoms with Crippen LogP contribution in [0.2, 0.25) is 0 Å². The summed E-state index contributed by atoms with van der Waals surface area (Å²) in [5.41, 5.74) is 0.129. The molecule has 206 valence electrons. The van der Waals surface area contributed by atoms with Gasteiger partial charge in [0.15, 0.2) is 0 Å². The number of carboxylic acid groups (broad SMARTS) is 6. The SMILES string of the molecule is O=C(O)CCCCCCCCC(=O)O.O=C(O)c1ccc(C(=O)O)cc1.O=C(O)c1cccc(C(=O)O)c1. The Kier molecular flexibility index (Phi) is 16.2. The number of hydrogen-bond acceptors (Lipinski definition) is 6. The Morgan fingerprint density at radius 1 is 0.421 bits per heavy atom. The summed E-state index contributed by atoms with van der Waals surface area (Å²) in [5, 5.41) is 50.6. The average molecular weight is 535 g/mol.